The van der Waals surface area contributed by atoms with Crippen LogP contribution in [0, 0.1) is 11.7 Å². The molecule has 0 aromatic heterocycles. The molecule has 1 aromatic carbocycles. The first kappa shape index (κ1) is 19.1. The highest BCUT2D eigenvalue weighted by Gasteiger charge is 2.28. The van der Waals surface area contributed by atoms with Crippen LogP contribution in [0.15, 0.2) is 30.3 Å². The van der Waals surface area contributed by atoms with Gasteiger partial charge in [0.15, 0.2) is 5.11 Å². The Labute approximate surface area is 151 Å². The molecule has 7 heteroatoms. The summed E-state index contributed by atoms with van der Waals surface area (Å²) in [6.07, 6.45) is 4.49. The summed E-state index contributed by atoms with van der Waals surface area (Å²) >= 11 is 5.26. The molecular formula is C18H21FN2O3S. The van der Waals surface area contributed by atoms with Crippen molar-refractivity contribution in [1.29, 1.82) is 0 Å². The van der Waals surface area contributed by atoms with Crippen LogP contribution in [0.2, 0.25) is 0 Å². The molecule has 0 aliphatic carbocycles. The van der Waals surface area contributed by atoms with Crippen molar-refractivity contribution >= 4 is 35.3 Å². The van der Waals surface area contributed by atoms with E-state index in [1.165, 1.54) is 18.2 Å². The van der Waals surface area contributed by atoms with Crippen molar-refractivity contribution in [1.82, 2.24) is 10.2 Å². The number of nitrogens with one attached hydrogen (secondary N) is 1. The first-order chi connectivity index (χ1) is 12.0. The van der Waals surface area contributed by atoms with Gasteiger partial charge in [-0.15, -0.1) is 0 Å². The molecule has 1 heterocycles. The highest BCUT2D eigenvalue weighted by molar-refractivity contribution is 7.80. The highest BCUT2D eigenvalue weighted by atomic mass is 32.1. The molecule has 1 atom stereocenters. The topological polar surface area (TPSA) is 58.6 Å². The van der Waals surface area contributed by atoms with Gasteiger partial charge in [0.2, 0.25) is 5.91 Å². The maximum Gasteiger partial charge on any atom is 0.310 e. The predicted octanol–water partition coefficient (Wildman–Crippen LogP) is 2.52. The Morgan fingerprint density at radius 2 is 2.12 bits per heavy atom. The second-order valence-corrected chi connectivity index (χ2v) is 6.10. The number of thiocarbonyl (C=S) groups is 1. The lowest BCUT2D eigenvalue weighted by atomic mass is 9.98. The Morgan fingerprint density at radius 1 is 1.40 bits per heavy atom. The van der Waals surface area contributed by atoms with Gasteiger partial charge in [-0.05, 0) is 55.8 Å². The number of nitrogens with zero attached hydrogens (tertiary/aromatic N) is 1. The highest BCUT2D eigenvalue weighted by Crippen LogP contribution is 2.18. The van der Waals surface area contributed by atoms with E-state index in [-0.39, 0.29) is 23.6 Å². The Balaban J connectivity index is 1.86. The summed E-state index contributed by atoms with van der Waals surface area (Å²) in [5, 5.41) is 2.92. The Hall–Kier alpha value is -2.28. The number of esters is 1. The van der Waals surface area contributed by atoms with Gasteiger partial charge in [0.1, 0.15) is 5.82 Å². The van der Waals surface area contributed by atoms with Crippen LogP contribution in [0.25, 0.3) is 6.08 Å². The molecule has 1 unspecified atom stereocenters. The molecule has 0 spiro atoms. The van der Waals surface area contributed by atoms with E-state index in [0.29, 0.717) is 30.4 Å². The van der Waals surface area contributed by atoms with E-state index in [0.717, 1.165) is 12.8 Å². The lowest BCUT2D eigenvalue weighted by Gasteiger charge is -2.33. The van der Waals surface area contributed by atoms with Gasteiger partial charge in [-0.3, -0.25) is 14.9 Å². The van der Waals surface area contributed by atoms with Gasteiger partial charge in [0.05, 0.1) is 12.5 Å². The molecule has 1 amide bonds. The monoisotopic (exact) mass is 364 g/mol. The summed E-state index contributed by atoms with van der Waals surface area (Å²) in [7, 11) is 0. The van der Waals surface area contributed by atoms with Crippen molar-refractivity contribution in [3.05, 3.63) is 41.7 Å². The molecule has 0 bridgehead atoms. The zero-order chi connectivity index (χ0) is 18.2. The maximum absolute atomic E-state index is 12.8. The molecule has 2 rings (SSSR count). The van der Waals surface area contributed by atoms with E-state index >= 15 is 0 Å². The lowest BCUT2D eigenvalue weighted by molar-refractivity contribution is -0.149. The van der Waals surface area contributed by atoms with Gasteiger partial charge in [-0.2, -0.15) is 0 Å². The quantitative estimate of drug-likeness (QED) is 0.505. The van der Waals surface area contributed by atoms with Crippen LogP contribution in [0.5, 0.6) is 0 Å². The lowest BCUT2D eigenvalue weighted by Crippen LogP contribution is -2.48. The number of carbonyl (C=O) groups is 2. The standard InChI is InChI=1S/C18H21FN2O3S/c1-2-24-17(23)14-4-3-11-21(12-14)18(25)20-16(22)10-7-13-5-8-15(19)9-6-13/h5-10,14H,2-4,11-12H2,1H3,(H,20,22,25). The van der Waals surface area contributed by atoms with Crippen LogP contribution < -0.4 is 5.32 Å². The minimum atomic E-state index is -0.368. The largest absolute Gasteiger partial charge is 0.466 e. The van der Waals surface area contributed by atoms with Crippen LogP contribution >= 0.6 is 12.2 Å². The SMILES string of the molecule is CCOC(=O)C1CCCN(C(=S)NC(=O)C=Cc2ccc(F)cc2)C1. The van der Waals surface area contributed by atoms with Gasteiger partial charge in [0, 0.05) is 19.2 Å². The number of hydrogen-bond donors (Lipinski definition) is 1. The molecule has 1 fully saturated rings. The van der Waals surface area contributed by atoms with Gasteiger partial charge in [-0.1, -0.05) is 12.1 Å². The molecule has 1 aromatic rings. The van der Waals surface area contributed by atoms with Crippen molar-refractivity contribution in [3.8, 4) is 0 Å². The zero-order valence-electron chi connectivity index (χ0n) is 14.0. The molecule has 1 saturated heterocycles. The summed E-state index contributed by atoms with van der Waals surface area (Å²) in [5.74, 6) is -1.15. The zero-order valence-corrected chi connectivity index (χ0v) is 14.9. The number of hydrogen-bond acceptors (Lipinski definition) is 4. The van der Waals surface area contributed by atoms with Gasteiger partial charge < -0.3 is 9.64 Å². The molecule has 0 radical (unpaired) electrons. The minimum absolute atomic E-state index is 0.224. The fourth-order valence-electron chi connectivity index (χ4n) is 2.59. The van der Waals surface area contributed by atoms with Crippen molar-refractivity contribution in [2.45, 2.75) is 19.8 Å². The Kier molecular flexibility index (Phi) is 7.06. The van der Waals surface area contributed by atoms with E-state index in [9.17, 15) is 14.0 Å². The molecule has 1 aliphatic heterocycles. The van der Waals surface area contributed by atoms with E-state index in [1.807, 2.05) is 4.90 Å². The number of carbonyl (C=O) groups excluding carboxylic acids is 2. The number of amides is 1. The first-order valence-electron chi connectivity index (χ1n) is 8.19. The van der Waals surface area contributed by atoms with E-state index < -0.39 is 0 Å². The number of halogens is 1. The fourth-order valence-corrected chi connectivity index (χ4v) is 2.85. The fraction of sp³-hybridized carbons (Fsp3) is 0.389. The van der Waals surface area contributed by atoms with Crippen LogP contribution in [0.3, 0.4) is 0 Å². The van der Waals surface area contributed by atoms with Crippen LogP contribution in [0.4, 0.5) is 4.39 Å². The van der Waals surface area contributed by atoms with Crippen LogP contribution in [-0.2, 0) is 14.3 Å². The number of ether oxygens (including phenoxy) is 1. The number of benzene rings is 1. The molecule has 1 aliphatic rings. The number of rotatable bonds is 4. The summed E-state index contributed by atoms with van der Waals surface area (Å²) in [5.41, 5.74) is 0.711. The molecule has 1 N–H and O–H groups in total. The summed E-state index contributed by atoms with van der Waals surface area (Å²) in [6, 6.07) is 5.80. The average molecular weight is 364 g/mol. The number of likely N-dealkylation sites (tertiary alicyclic amines) is 1. The second kappa shape index (κ2) is 9.27. The predicted molar refractivity (Wildman–Crippen MR) is 97.1 cm³/mol. The Morgan fingerprint density at radius 3 is 2.80 bits per heavy atom. The van der Waals surface area contributed by atoms with Gasteiger partial charge in [0.25, 0.3) is 0 Å². The molecule has 134 valence electrons. The normalized spacial score (nSPS) is 17.4. The summed E-state index contributed by atoms with van der Waals surface area (Å²) in [4.78, 5) is 25.6. The third-order valence-corrected chi connectivity index (χ3v) is 4.22. The maximum atomic E-state index is 12.8. The third kappa shape index (κ3) is 5.94. The van der Waals surface area contributed by atoms with E-state index in [2.05, 4.69) is 5.32 Å². The van der Waals surface area contributed by atoms with E-state index in [1.54, 1.807) is 25.1 Å². The van der Waals surface area contributed by atoms with Gasteiger partial charge >= 0.3 is 5.97 Å². The van der Waals surface area contributed by atoms with Crippen LogP contribution in [0.1, 0.15) is 25.3 Å². The average Bonchev–Trinajstić information content (AvgIpc) is 2.61. The van der Waals surface area contributed by atoms with Crippen LogP contribution in [-0.4, -0.2) is 41.6 Å². The minimum Gasteiger partial charge on any atom is -0.466 e. The molecular weight excluding hydrogens is 343 g/mol. The van der Waals surface area contributed by atoms with E-state index in [4.69, 9.17) is 17.0 Å². The first-order valence-corrected chi connectivity index (χ1v) is 8.60. The van der Waals surface area contributed by atoms with Crippen molar-refractivity contribution in [2.24, 2.45) is 5.92 Å². The van der Waals surface area contributed by atoms with Crippen molar-refractivity contribution < 1.29 is 18.7 Å². The van der Waals surface area contributed by atoms with Crippen molar-refractivity contribution in [2.75, 3.05) is 19.7 Å². The van der Waals surface area contributed by atoms with Crippen molar-refractivity contribution in [3.63, 3.8) is 0 Å². The second-order valence-electron chi connectivity index (χ2n) is 5.72. The number of piperidine rings is 1. The third-order valence-electron chi connectivity index (χ3n) is 3.86. The summed E-state index contributed by atoms with van der Waals surface area (Å²) < 4.78 is 17.9. The molecule has 25 heavy (non-hydrogen) atoms. The molecule has 0 saturated carbocycles. The van der Waals surface area contributed by atoms with Gasteiger partial charge in [-0.25, -0.2) is 4.39 Å². The smallest absolute Gasteiger partial charge is 0.310 e. The summed E-state index contributed by atoms with van der Waals surface area (Å²) in [6.45, 7) is 3.26. The molecule has 5 nitrogen and oxygen atoms in total. The Bertz CT molecular complexity index is 661.